The van der Waals surface area contributed by atoms with Crippen LogP contribution in [-0.2, 0) is 0 Å². The summed E-state index contributed by atoms with van der Waals surface area (Å²) >= 11 is 0. The maximum atomic E-state index is 5.89. The van der Waals surface area contributed by atoms with Gasteiger partial charge in [0.2, 0.25) is 0 Å². The first-order valence-electron chi connectivity index (χ1n) is 7.30. The van der Waals surface area contributed by atoms with Gasteiger partial charge in [0.1, 0.15) is 0 Å². The lowest BCUT2D eigenvalue weighted by molar-refractivity contribution is 0.241. The van der Waals surface area contributed by atoms with Crippen LogP contribution >= 0.6 is 0 Å². The molecule has 1 atom stereocenters. The minimum atomic E-state index is 0.167. The van der Waals surface area contributed by atoms with Crippen molar-refractivity contribution in [2.24, 2.45) is 5.73 Å². The fourth-order valence-electron chi connectivity index (χ4n) is 2.72. The topological polar surface area (TPSA) is 51.4 Å². The monoisotopic (exact) mass is 263 g/mol. The Balaban J connectivity index is 2.22. The molecule has 2 rings (SSSR count). The number of aromatic nitrogens is 1. The summed E-state index contributed by atoms with van der Waals surface area (Å²) in [6.45, 7) is 5.87. The van der Waals surface area contributed by atoms with E-state index in [9.17, 15) is 0 Å². The average Bonchev–Trinajstić information content (AvgIpc) is 2.40. The summed E-state index contributed by atoms with van der Waals surface area (Å²) in [7, 11) is 0. The van der Waals surface area contributed by atoms with E-state index < -0.39 is 0 Å². The third-order valence-electron chi connectivity index (χ3n) is 3.51. The van der Waals surface area contributed by atoms with Crippen molar-refractivity contribution < 1.29 is 4.74 Å². The number of nitrogens with zero attached hydrogens (tertiary/aromatic N) is 2. The standard InChI is InChI=1S/C15H25N3O/c1-12(2)19-14-7-5-10-17-15(14)18-11-4-3-6-13(18)8-9-16/h5,7,10,12-13H,3-4,6,8-9,11,16H2,1-2H3. The largest absolute Gasteiger partial charge is 0.487 e. The molecular formula is C15H25N3O. The van der Waals surface area contributed by atoms with Crippen molar-refractivity contribution in [1.29, 1.82) is 0 Å². The number of nitrogens with two attached hydrogens (primary N) is 1. The van der Waals surface area contributed by atoms with Crippen molar-refractivity contribution in [2.75, 3.05) is 18.0 Å². The molecule has 0 aromatic carbocycles. The molecule has 0 aliphatic carbocycles. The molecule has 1 aromatic heterocycles. The number of anilines is 1. The summed E-state index contributed by atoms with van der Waals surface area (Å²) < 4.78 is 5.89. The lowest BCUT2D eigenvalue weighted by Gasteiger charge is -2.37. The van der Waals surface area contributed by atoms with Crippen molar-refractivity contribution in [3.05, 3.63) is 18.3 Å². The lowest BCUT2D eigenvalue weighted by atomic mass is 9.99. The van der Waals surface area contributed by atoms with E-state index in [2.05, 4.69) is 9.88 Å². The zero-order chi connectivity index (χ0) is 13.7. The average molecular weight is 263 g/mol. The van der Waals surface area contributed by atoms with Crippen LogP contribution in [0.2, 0.25) is 0 Å². The number of hydrogen-bond donors (Lipinski definition) is 1. The first kappa shape index (κ1) is 14.1. The van der Waals surface area contributed by atoms with Crippen LogP contribution in [0.5, 0.6) is 5.75 Å². The Morgan fingerprint density at radius 1 is 1.47 bits per heavy atom. The highest BCUT2D eigenvalue weighted by atomic mass is 16.5. The molecule has 0 amide bonds. The fourth-order valence-corrected chi connectivity index (χ4v) is 2.72. The van der Waals surface area contributed by atoms with Gasteiger partial charge in [-0.15, -0.1) is 0 Å². The van der Waals surface area contributed by atoms with E-state index in [-0.39, 0.29) is 6.10 Å². The van der Waals surface area contributed by atoms with Gasteiger partial charge in [-0.2, -0.15) is 0 Å². The highest BCUT2D eigenvalue weighted by molar-refractivity contribution is 5.53. The maximum Gasteiger partial charge on any atom is 0.171 e. The van der Waals surface area contributed by atoms with Gasteiger partial charge < -0.3 is 15.4 Å². The molecule has 1 fully saturated rings. The van der Waals surface area contributed by atoms with Crippen molar-refractivity contribution in [1.82, 2.24) is 4.98 Å². The second kappa shape index (κ2) is 6.75. The second-order valence-corrected chi connectivity index (χ2v) is 5.41. The van der Waals surface area contributed by atoms with Gasteiger partial charge >= 0.3 is 0 Å². The molecule has 0 spiro atoms. The molecular weight excluding hydrogens is 238 g/mol. The molecule has 2 heterocycles. The molecule has 0 radical (unpaired) electrons. The summed E-state index contributed by atoms with van der Waals surface area (Å²) in [5.74, 6) is 1.87. The Labute approximate surface area is 116 Å². The van der Waals surface area contributed by atoms with E-state index in [0.29, 0.717) is 6.04 Å². The quantitative estimate of drug-likeness (QED) is 0.887. The van der Waals surface area contributed by atoms with Crippen LogP contribution in [0.15, 0.2) is 18.3 Å². The molecule has 1 aromatic rings. The van der Waals surface area contributed by atoms with Crippen molar-refractivity contribution in [2.45, 2.75) is 51.7 Å². The summed E-state index contributed by atoms with van der Waals surface area (Å²) in [4.78, 5) is 6.93. The van der Waals surface area contributed by atoms with Gasteiger partial charge in [-0.05, 0) is 58.2 Å². The molecule has 106 valence electrons. The van der Waals surface area contributed by atoms with Crippen LogP contribution in [0.4, 0.5) is 5.82 Å². The first-order valence-corrected chi connectivity index (χ1v) is 7.30. The zero-order valence-corrected chi connectivity index (χ0v) is 12.0. The molecule has 0 bridgehead atoms. The Morgan fingerprint density at radius 2 is 2.32 bits per heavy atom. The third-order valence-corrected chi connectivity index (χ3v) is 3.51. The first-order chi connectivity index (χ1) is 9.22. The molecule has 2 N–H and O–H groups in total. The van der Waals surface area contributed by atoms with Crippen LogP contribution in [0.25, 0.3) is 0 Å². The number of pyridine rings is 1. The molecule has 4 nitrogen and oxygen atoms in total. The highest BCUT2D eigenvalue weighted by Gasteiger charge is 2.25. The van der Waals surface area contributed by atoms with E-state index in [0.717, 1.165) is 31.1 Å². The predicted octanol–water partition coefficient (Wildman–Crippen LogP) is 2.58. The summed E-state index contributed by atoms with van der Waals surface area (Å²) in [6, 6.07) is 4.45. The molecule has 19 heavy (non-hydrogen) atoms. The van der Waals surface area contributed by atoms with Crippen LogP contribution < -0.4 is 15.4 Å². The van der Waals surface area contributed by atoms with Crippen LogP contribution in [0.3, 0.4) is 0 Å². The molecule has 4 heteroatoms. The van der Waals surface area contributed by atoms with Gasteiger partial charge in [-0.3, -0.25) is 0 Å². The van der Waals surface area contributed by atoms with Gasteiger partial charge in [-0.25, -0.2) is 4.98 Å². The van der Waals surface area contributed by atoms with Crippen molar-refractivity contribution >= 4 is 5.82 Å². The van der Waals surface area contributed by atoms with Gasteiger partial charge in [-0.1, -0.05) is 0 Å². The van der Waals surface area contributed by atoms with Gasteiger partial charge in [0.05, 0.1) is 6.10 Å². The van der Waals surface area contributed by atoms with Crippen LogP contribution in [0, 0.1) is 0 Å². The fraction of sp³-hybridized carbons (Fsp3) is 0.667. The zero-order valence-electron chi connectivity index (χ0n) is 12.0. The molecule has 1 unspecified atom stereocenters. The van der Waals surface area contributed by atoms with Crippen molar-refractivity contribution in [3.8, 4) is 5.75 Å². The Hall–Kier alpha value is -1.29. The summed E-state index contributed by atoms with van der Waals surface area (Å²) in [6.07, 6.45) is 6.75. The SMILES string of the molecule is CC(C)Oc1cccnc1N1CCCCC1CCN. The Morgan fingerprint density at radius 3 is 3.05 bits per heavy atom. The van der Waals surface area contributed by atoms with Crippen molar-refractivity contribution in [3.63, 3.8) is 0 Å². The Bertz CT molecular complexity index is 393. The van der Waals surface area contributed by atoms with Crippen LogP contribution in [0.1, 0.15) is 39.5 Å². The van der Waals surface area contributed by atoms with Gasteiger partial charge in [0.15, 0.2) is 11.6 Å². The van der Waals surface area contributed by atoms with E-state index in [1.807, 2.05) is 32.2 Å². The van der Waals surface area contributed by atoms with Gasteiger partial charge in [0, 0.05) is 18.8 Å². The molecule has 1 aliphatic rings. The van der Waals surface area contributed by atoms with E-state index >= 15 is 0 Å². The smallest absolute Gasteiger partial charge is 0.171 e. The number of ether oxygens (including phenoxy) is 1. The minimum absolute atomic E-state index is 0.167. The lowest BCUT2D eigenvalue weighted by Crippen LogP contribution is -2.41. The number of piperidine rings is 1. The normalized spacial score (nSPS) is 19.8. The van der Waals surface area contributed by atoms with Crippen LogP contribution in [-0.4, -0.2) is 30.2 Å². The second-order valence-electron chi connectivity index (χ2n) is 5.41. The third kappa shape index (κ3) is 3.60. The maximum absolute atomic E-state index is 5.89. The molecule has 1 saturated heterocycles. The number of hydrogen-bond acceptors (Lipinski definition) is 4. The molecule has 1 aliphatic heterocycles. The Kier molecular flexibility index (Phi) is 5.02. The highest BCUT2D eigenvalue weighted by Crippen LogP contribution is 2.32. The summed E-state index contributed by atoms with van der Waals surface area (Å²) in [5.41, 5.74) is 5.74. The van der Waals surface area contributed by atoms with E-state index in [1.54, 1.807) is 0 Å². The molecule has 0 saturated carbocycles. The van der Waals surface area contributed by atoms with E-state index in [1.165, 1.54) is 19.3 Å². The number of rotatable bonds is 5. The van der Waals surface area contributed by atoms with Gasteiger partial charge in [0.25, 0.3) is 0 Å². The minimum Gasteiger partial charge on any atom is -0.487 e. The predicted molar refractivity (Wildman–Crippen MR) is 78.7 cm³/mol. The van der Waals surface area contributed by atoms with E-state index in [4.69, 9.17) is 10.5 Å². The summed E-state index contributed by atoms with van der Waals surface area (Å²) in [5, 5.41) is 0.